The van der Waals surface area contributed by atoms with E-state index in [1.54, 1.807) is 6.20 Å². The van der Waals surface area contributed by atoms with Gasteiger partial charge < -0.3 is 0 Å². The number of aryl methyl sites for hydroxylation is 1. The van der Waals surface area contributed by atoms with E-state index in [1.165, 1.54) is 12.8 Å². The van der Waals surface area contributed by atoms with Crippen LogP contribution in [0.4, 0.5) is 0 Å². The monoisotopic (exact) mass is 310 g/mol. The van der Waals surface area contributed by atoms with E-state index in [0.29, 0.717) is 6.04 Å². The molecule has 5 heteroatoms. The molecule has 2 rings (SSSR count). The Bertz CT molecular complexity index is 432. The first-order valence-corrected chi connectivity index (χ1v) is 7.27. The molecule has 1 unspecified atom stereocenters. The minimum Gasteiger partial charge on any atom is -0.297 e. The van der Waals surface area contributed by atoms with Crippen molar-refractivity contribution in [3.63, 3.8) is 0 Å². The normalized spacial score (nSPS) is 18.3. The number of nitrogens with one attached hydrogen (secondary N) is 1. The number of unbranched alkanes of at least 4 members (excludes halogenated alkanes) is 1. The summed E-state index contributed by atoms with van der Waals surface area (Å²) in [6, 6.07) is 2.99. The number of nitriles is 1. The number of aromatic nitrogens is 2. The molecule has 1 heterocycles. The molecule has 98 valence electrons. The second kappa shape index (κ2) is 5.85. The zero-order valence-corrected chi connectivity index (χ0v) is 12.3. The third kappa shape index (κ3) is 4.11. The van der Waals surface area contributed by atoms with Crippen LogP contribution >= 0.6 is 15.9 Å². The molecular weight excluding hydrogens is 292 g/mol. The van der Waals surface area contributed by atoms with E-state index in [-0.39, 0.29) is 5.54 Å². The van der Waals surface area contributed by atoms with Gasteiger partial charge in [-0.2, -0.15) is 10.4 Å². The second-order valence-corrected chi connectivity index (χ2v) is 6.16. The average Bonchev–Trinajstić information content (AvgIpc) is 3.06. The van der Waals surface area contributed by atoms with E-state index in [4.69, 9.17) is 0 Å². The van der Waals surface area contributed by atoms with Crippen molar-refractivity contribution in [3.8, 4) is 6.07 Å². The highest BCUT2D eigenvalue weighted by atomic mass is 79.9. The molecule has 0 bridgehead atoms. The highest BCUT2D eigenvalue weighted by Crippen LogP contribution is 2.24. The summed E-state index contributed by atoms with van der Waals surface area (Å²) < 4.78 is 2.95. The first kappa shape index (κ1) is 13.6. The van der Waals surface area contributed by atoms with Crippen molar-refractivity contribution in [3.05, 3.63) is 16.9 Å². The Morgan fingerprint density at radius 2 is 2.39 bits per heavy atom. The zero-order chi connectivity index (χ0) is 13.0. The SMILES string of the molecule is CC(C#N)(CCCCn1cc(Br)cn1)NC1CC1. The molecule has 18 heavy (non-hydrogen) atoms. The fourth-order valence-electron chi connectivity index (χ4n) is 2.05. The van der Waals surface area contributed by atoms with Crippen LogP contribution in [0.5, 0.6) is 0 Å². The van der Waals surface area contributed by atoms with Gasteiger partial charge in [-0.05, 0) is 55.0 Å². The van der Waals surface area contributed by atoms with Gasteiger partial charge in [-0.3, -0.25) is 10.00 Å². The summed E-state index contributed by atoms with van der Waals surface area (Å²) in [5.41, 5.74) is -0.355. The molecule has 1 atom stereocenters. The predicted molar refractivity (Wildman–Crippen MR) is 74.0 cm³/mol. The first-order chi connectivity index (χ1) is 8.61. The number of rotatable bonds is 7. The van der Waals surface area contributed by atoms with Gasteiger partial charge in [0.15, 0.2) is 0 Å². The van der Waals surface area contributed by atoms with Gasteiger partial charge in [0.25, 0.3) is 0 Å². The van der Waals surface area contributed by atoms with Crippen molar-refractivity contribution in [2.45, 2.75) is 57.2 Å². The molecule has 0 aliphatic heterocycles. The van der Waals surface area contributed by atoms with Crippen LogP contribution in [0.25, 0.3) is 0 Å². The molecule has 1 aliphatic carbocycles. The maximum Gasteiger partial charge on any atom is 0.104 e. The highest BCUT2D eigenvalue weighted by Gasteiger charge is 2.31. The van der Waals surface area contributed by atoms with Crippen LogP contribution in [0.3, 0.4) is 0 Å². The van der Waals surface area contributed by atoms with Crippen molar-refractivity contribution < 1.29 is 0 Å². The summed E-state index contributed by atoms with van der Waals surface area (Å²) in [5.74, 6) is 0. The summed E-state index contributed by atoms with van der Waals surface area (Å²) >= 11 is 3.38. The van der Waals surface area contributed by atoms with E-state index in [2.05, 4.69) is 32.4 Å². The van der Waals surface area contributed by atoms with E-state index >= 15 is 0 Å². The van der Waals surface area contributed by atoms with Gasteiger partial charge in [-0.15, -0.1) is 0 Å². The molecule has 1 N–H and O–H groups in total. The van der Waals surface area contributed by atoms with Gasteiger partial charge in [0.1, 0.15) is 5.54 Å². The Morgan fingerprint density at radius 1 is 1.61 bits per heavy atom. The van der Waals surface area contributed by atoms with Crippen molar-refractivity contribution in [1.29, 1.82) is 5.26 Å². The smallest absolute Gasteiger partial charge is 0.104 e. The van der Waals surface area contributed by atoms with Gasteiger partial charge in [-0.25, -0.2) is 0 Å². The standard InChI is InChI=1S/C13H19BrN4/c1-13(10-15,17-12-4-5-12)6-2-3-7-18-9-11(14)8-16-18/h8-9,12,17H,2-7H2,1H3. The molecule has 0 saturated heterocycles. The van der Waals surface area contributed by atoms with Crippen LogP contribution in [0.15, 0.2) is 16.9 Å². The summed E-state index contributed by atoms with van der Waals surface area (Å²) in [4.78, 5) is 0. The molecule has 1 aromatic heterocycles. The fourth-order valence-corrected chi connectivity index (χ4v) is 2.38. The minimum absolute atomic E-state index is 0.355. The van der Waals surface area contributed by atoms with Crippen molar-refractivity contribution in [1.82, 2.24) is 15.1 Å². The molecule has 1 fully saturated rings. The number of hydrogen-bond acceptors (Lipinski definition) is 3. The highest BCUT2D eigenvalue weighted by molar-refractivity contribution is 9.10. The fraction of sp³-hybridized carbons (Fsp3) is 0.692. The summed E-state index contributed by atoms with van der Waals surface area (Å²) in [6.07, 6.45) is 9.22. The van der Waals surface area contributed by atoms with Crippen LogP contribution < -0.4 is 5.32 Å². The topological polar surface area (TPSA) is 53.6 Å². The molecule has 0 radical (unpaired) electrons. The zero-order valence-electron chi connectivity index (χ0n) is 10.7. The molecule has 1 aromatic rings. The van der Waals surface area contributed by atoms with Gasteiger partial charge >= 0.3 is 0 Å². The molecule has 1 saturated carbocycles. The molecule has 0 aromatic carbocycles. The van der Waals surface area contributed by atoms with Crippen LogP contribution in [-0.2, 0) is 6.54 Å². The summed E-state index contributed by atoms with van der Waals surface area (Å²) in [6.45, 7) is 2.92. The Morgan fingerprint density at radius 3 is 2.94 bits per heavy atom. The van der Waals surface area contributed by atoms with Gasteiger partial charge in [0, 0.05) is 18.8 Å². The van der Waals surface area contributed by atoms with Crippen LogP contribution in [-0.4, -0.2) is 21.4 Å². The molecule has 0 amide bonds. The predicted octanol–water partition coefficient (Wildman–Crippen LogP) is 2.85. The molecular formula is C13H19BrN4. The van der Waals surface area contributed by atoms with E-state index in [0.717, 1.165) is 30.3 Å². The Balaban J connectivity index is 1.68. The number of halogens is 1. The summed E-state index contributed by atoms with van der Waals surface area (Å²) in [5, 5.41) is 16.9. The lowest BCUT2D eigenvalue weighted by Gasteiger charge is -2.23. The minimum atomic E-state index is -0.355. The number of hydrogen-bond donors (Lipinski definition) is 1. The maximum absolute atomic E-state index is 9.25. The first-order valence-electron chi connectivity index (χ1n) is 6.48. The number of nitrogens with zero attached hydrogens (tertiary/aromatic N) is 3. The van der Waals surface area contributed by atoms with E-state index in [9.17, 15) is 5.26 Å². The van der Waals surface area contributed by atoms with Gasteiger partial charge in [0.05, 0.1) is 16.7 Å². The van der Waals surface area contributed by atoms with Crippen molar-refractivity contribution in [2.75, 3.05) is 0 Å². The van der Waals surface area contributed by atoms with Gasteiger partial charge in [-0.1, -0.05) is 0 Å². The maximum atomic E-state index is 9.25. The van der Waals surface area contributed by atoms with Crippen LogP contribution in [0, 0.1) is 11.3 Å². The largest absolute Gasteiger partial charge is 0.297 e. The molecule has 0 spiro atoms. The quantitative estimate of drug-likeness (QED) is 0.788. The van der Waals surface area contributed by atoms with Gasteiger partial charge in [0.2, 0.25) is 0 Å². The van der Waals surface area contributed by atoms with E-state index < -0.39 is 0 Å². The molecule has 4 nitrogen and oxygen atoms in total. The average molecular weight is 311 g/mol. The van der Waals surface area contributed by atoms with E-state index in [1.807, 2.05) is 17.8 Å². The molecule has 1 aliphatic rings. The Hall–Kier alpha value is -0.860. The third-order valence-electron chi connectivity index (χ3n) is 3.26. The van der Waals surface area contributed by atoms with Crippen LogP contribution in [0.2, 0.25) is 0 Å². The lowest BCUT2D eigenvalue weighted by molar-refractivity contribution is 0.389. The third-order valence-corrected chi connectivity index (χ3v) is 3.67. The van der Waals surface area contributed by atoms with Crippen LogP contribution in [0.1, 0.15) is 39.0 Å². The summed E-state index contributed by atoms with van der Waals surface area (Å²) in [7, 11) is 0. The van der Waals surface area contributed by atoms with Crippen molar-refractivity contribution >= 4 is 15.9 Å². The Kier molecular flexibility index (Phi) is 4.41. The lowest BCUT2D eigenvalue weighted by Crippen LogP contribution is -2.42. The lowest BCUT2D eigenvalue weighted by atomic mass is 9.96. The Labute approximate surface area is 116 Å². The van der Waals surface area contributed by atoms with Crippen molar-refractivity contribution in [2.24, 2.45) is 0 Å². The second-order valence-electron chi connectivity index (χ2n) is 5.24.